The van der Waals surface area contributed by atoms with Crippen LogP contribution in [0.2, 0.25) is 0 Å². The van der Waals surface area contributed by atoms with Crippen molar-refractivity contribution in [3.8, 4) is 6.07 Å². The quantitative estimate of drug-likeness (QED) is 0.355. The molecule has 1 atom stereocenters. The van der Waals surface area contributed by atoms with Crippen molar-refractivity contribution < 1.29 is 9.53 Å². The van der Waals surface area contributed by atoms with E-state index in [-0.39, 0.29) is 0 Å². The van der Waals surface area contributed by atoms with Crippen LogP contribution in [0.25, 0.3) is 0 Å². The molecule has 0 fully saturated rings. The van der Waals surface area contributed by atoms with E-state index in [0.717, 1.165) is 12.8 Å². The van der Waals surface area contributed by atoms with Crippen LogP contribution in [0.15, 0.2) is 12.7 Å². The molecule has 0 saturated carbocycles. The highest BCUT2D eigenvalue weighted by Gasteiger charge is 2.16. The first-order chi connectivity index (χ1) is 5.76. The number of ether oxygens (including phenoxy) is 1. The summed E-state index contributed by atoms with van der Waals surface area (Å²) in [6.45, 7) is 3.55. The smallest absolute Gasteiger partial charge is 0.323 e. The van der Waals surface area contributed by atoms with Gasteiger partial charge in [0.15, 0.2) is 0 Å². The van der Waals surface area contributed by atoms with Crippen LogP contribution < -0.4 is 0 Å². The molecule has 0 aliphatic heterocycles. The van der Waals surface area contributed by atoms with Gasteiger partial charge in [-0.15, -0.1) is 6.58 Å². The fourth-order valence-electron chi connectivity index (χ4n) is 0.844. The van der Waals surface area contributed by atoms with Crippen molar-refractivity contribution in [3.05, 3.63) is 12.7 Å². The number of allylic oxidation sites excluding steroid dienone is 1. The molecule has 0 aliphatic rings. The second kappa shape index (κ2) is 6.41. The summed E-state index contributed by atoms with van der Waals surface area (Å²) in [6.07, 6.45) is 3.95. The molecule has 0 heterocycles. The first-order valence-electron chi connectivity index (χ1n) is 3.84. The van der Waals surface area contributed by atoms with Crippen molar-refractivity contribution in [1.82, 2.24) is 0 Å². The van der Waals surface area contributed by atoms with E-state index in [1.165, 1.54) is 7.11 Å². The minimum atomic E-state index is -0.616. The molecule has 0 N–H and O–H groups in total. The lowest BCUT2D eigenvalue weighted by molar-refractivity contribution is -0.143. The Kier molecular flexibility index (Phi) is 5.72. The fraction of sp³-hybridized carbons (Fsp3) is 0.556. The number of nitrogens with zero attached hydrogens (tertiary/aromatic N) is 1. The maximum absolute atomic E-state index is 10.9. The number of carbonyl (C=O) groups excluding carboxylic acids is 1. The summed E-state index contributed by atoms with van der Waals surface area (Å²) < 4.78 is 4.45. The molecule has 0 rings (SSSR count). The lowest BCUT2D eigenvalue weighted by Crippen LogP contribution is -2.13. The van der Waals surface area contributed by atoms with Crippen LogP contribution in [0.5, 0.6) is 0 Å². The maximum atomic E-state index is 10.9. The Balaban J connectivity index is 3.77. The van der Waals surface area contributed by atoms with Crippen LogP contribution in [0, 0.1) is 17.2 Å². The number of methoxy groups -OCH3 is 1. The van der Waals surface area contributed by atoms with E-state index in [1.54, 1.807) is 6.08 Å². The number of unbranched alkanes of at least 4 members (excludes halogenated alkanes) is 1. The molecule has 0 amide bonds. The number of hydrogen-bond acceptors (Lipinski definition) is 3. The minimum absolute atomic E-state index is 0.443. The van der Waals surface area contributed by atoms with Gasteiger partial charge in [-0.2, -0.15) is 5.26 Å². The van der Waals surface area contributed by atoms with Gasteiger partial charge in [-0.3, -0.25) is 4.79 Å². The van der Waals surface area contributed by atoms with E-state index in [2.05, 4.69) is 11.3 Å². The van der Waals surface area contributed by atoms with Gasteiger partial charge in [-0.1, -0.05) is 6.08 Å². The molecule has 0 spiro atoms. The van der Waals surface area contributed by atoms with Crippen LogP contribution >= 0.6 is 0 Å². The first kappa shape index (κ1) is 10.7. The Labute approximate surface area is 72.6 Å². The second-order valence-corrected chi connectivity index (χ2v) is 2.42. The summed E-state index contributed by atoms with van der Waals surface area (Å²) in [5.74, 6) is -1.06. The van der Waals surface area contributed by atoms with Gasteiger partial charge in [0.25, 0.3) is 0 Å². The summed E-state index contributed by atoms with van der Waals surface area (Å²) >= 11 is 0. The first-order valence-corrected chi connectivity index (χ1v) is 3.84. The van der Waals surface area contributed by atoms with E-state index < -0.39 is 11.9 Å². The molecule has 0 aliphatic carbocycles. The van der Waals surface area contributed by atoms with Gasteiger partial charge in [-0.25, -0.2) is 0 Å². The fourth-order valence-corrected chi connectivity index (χ4v) is 0.844. The highest BCUT2D eigenvalue weighted by molar-refractivity contribution is 5.74. The molecular formula is C9H13NO2. The molecule has 12 heavy (non-hydrogen) atoms. The Hall–Kier alpha value is -1.30. The molecule has 0 aromatic heterocycles. The second-order valence-electron chi connectivity index (χ2n) is 2.42. The average molecular weight is 167 g/mol. The zero-order valence-electron chi connectivity index (χ0n) is 7.25. The van der Waals surface area contributed by atoms with E-state index in [4.69, 9.17) is 5.26 Å². The molecule has 0 bridgehead atoms. The van der Waals surface area contributed by atoms with Crippen LogP contribution in [0.1, 0.15) is 19.3 Å². The highest BCUT2D eigenvalue weighted by Crippen LogP contribution is 2.09. The van der Waals surface area contributed by atoms with Gasteiger partial charge in [0.05, 0.1) is 13.2 Å². The number of hydrogen-bond donors (Lipinski definition) is 0. The third-order valence-corrected chi connectivity index (χ3v) is 1.54. The third-order valence-electron chi connectivity index (χ3n) is 1.54. The number of esters is 1. The predicted molar refractivity (Wildman–Crippen MR) is 45.2 cm³/mol. The van der Waals surface area contributed by atoms with Crippen LogP contribution in [0.4, 0.5) is 0 Å². The Bertz CT molecular complexity index is 193. The van der Waals surface area contributed by atoms with Gasteiger partial charge >= 0.3 is 5.97 Å². The van der Waals surface area contributed by atoms with Gasteiger partial charge < -0.3 is 4.74 Å². The molecule has 3 heteroatoms. The topological polar surface area (TPSA) is 50.1 Å². The van der Waals surface area contributed by atoms with Crippen molar-refractivity contribution >= 4 is 5.97 Å². The van der Waals surface area contributed by atoms with Gasteiger partial charge in [0.2, 0.25) is 0 Å². The molecule has 0 aromatic carbocycles. The van der Waals surface area contributed by atoms with Crippen LogP contribution in [-0.2, 0) is 9.53 Å². The molecular weight excluding hydrogens is 154 g/mol. The van der Waals surface area contributed by atoms with Crippen LogP contribution in [-0.4, -0.2) is 13.1 Å². The Morgan fingerprint density at radius 3 is 2.92 bits per heavy atom. The standard InChI is InChI=1S/C9H13NO2/c1-3-4-5-6-8(7-10)9(11)12-2/h3,8H,1,4-6H2,2H3. The zero-order valence-corrected chi connectivity index (χ0v) is 7.25. The maximum Gasteiger partial charge on any atom is 0.323 e. The molecule has 0 aromatic rings. The lowest BCUT2D eigenvalue weighted by Gasteiger charge is -2.04. The van der Waals surface area contributed by atoms with E-state index in [9.17, 15) is 4.79 Å². The van der Waals surface area contributed by atoms with Crippen molar-refractivity contribution in [2.45, 2.75) is 19.3 Å². The predicted octanol–water partition coefficient (Wildman–Crippen LogP) is 1.66. The molecule has 0 radical (unpaired) electrons. The third kappa shape index (κ3) is 3.77. The van der Waals surface area contributed by atoms with Gasteiger partial charge in [-0.05, 0) is 19.3 Å². The van der Waals surface area contributed by atoms with E-state index in [1.807, 2.05) is 6.07 Å². The summed E-state index contributed by atoms with van der Waals surface area (Å²) in [5, 5.41) is 8.55. The number of rotatable bonds is 5. The molecule has 1 unspecified atom stereocenters. The Morgan fingerprint density at radius 2 is 2.50 bits per heavy atom. The number of carbonyl (C=O) groups is 1. The number of nitriles is 1. The monoisotopic (exact) mass is 167 g/mol. The summed E-state index contributed by atoms with van der Waals surface area (Å²) in [4.78, 5) is 10.9. The summed E-state index contributed by atoms with van der Waals surface area (Å²) in [6, 6.07) is 1.90. The van der Waals surface area contributed by atoms with Crippen LogP contribution in [0.3, 0.4) is 0 Å². The van der Waals surface area contributed by atoms with E-state index >= 15 is 0 Å². The normalized spacial score (nSPS) is 11.3. The summed E-state index contributed by atoms with van der Waals surface area (Å²) in [7, 11) is 1.29. The minimum Gasteiger partial charge on any atom is -0.468 e. The lowest BCUT2D eigenvalue weighted by atomic mass is 10.0. The van der Waals surface area contributed by atoms with Crippen molar-refractivity contribution in [1.29, 1.82) is 5.26 Å². The van der Waals surface area contributed by atoms with E-state index in [0.29, 0.717) is 6.42 Å². The summed E-state index contributed by atoms with van der Waals surface area (Å²) in [5.41, 5.74) is 0. The van der Waals surface area contributed by atoms with Crippen molar-refractivity contribution in [2.75, 3.05) is 7.11 Å². The van der Waals surface area contributed by atoms with Gasteiger partial charge in [0.1, 0.15) is 5.92 Å². The van der Waals surface area contributed by atoms with Gasteiger partial charge in [0, 0.05) is 0 Å². The van der Waals surface area contributed by atoms with Crippen molar-refractivity contribution in [2.24, 2.45) is 5.92 Å². The van der Waals surface area contributed by atoms with Crippen molar-refractivity contribution in [3.63, 3.8) is 0 Å². The SMILES string of the molecule is C=CCCCC(C#N)C(=O)OC. The zero-order chi connectivity index (χ0) is 9.40. The molecule has 3 nitrogen and oxygen atoms in total. The Morgan fingerprint density at radius 1 is 1.83 bits per heavy atom. The molecule has 66 valence electrons. The average Bonchev–Trinajstić information content (AvgIpc) is 2.11. The largest absolute Gasteiger partial charge is 0.468 e. The molecule has 0 saturated heterocycles. The highest BCUT2D eigenvalue weighted by atomic mass is 16.5.